The second-order valence-corrected chi connectivity index (χ2v) is 6.89. The molecule has 6 nitrogen and oxygen atoms in total. The zero-order valence-electron chi connectivity index (χ0n) is 14.8. The molecule has 144 valence electrons. The van der Waals surface area contributed by atoms with Crippen molar-refractivity contribution in [2.75, 3.05) is 30.3 Å². The fourth-order valence-electron chi connectivity index (χ4n) is 2.50. The maximum atomic E-state index is 13.9. The summed E-state index contributed by atoms with van der Waals surface area (Å²) >= 11 is 3.30. The molecule has 3 N–H and O–H groups in total. The zero-order chi connectivity index (χ0) is 19.8. The topological polar surface area (TPSA) is 81.7 Å². The predicted molar refractivity (Wildman–Crippen MR) is 106 cm³/mol. The highest BCUT2D eigenvalue weighted by molar-refractivity contribution is 9.10. The summed E-state index contributed by atoms with van der Waals surface area (Å²) in [4.78, 5) is 25.0. The number of halogens is 2. The van der Waals surface area contributed by atoms with Gasteiger partial charge in [-0.05, 0) is 42.5 Å². The number of carbonyl (C=O) groups excluding carboxylic acids is 2. The Morgan fingerprint density at radius 2 is 1.74 bits per heavy atom. The van der Waals surface area contributed by atoms with Crippen molar-refractivity contribution in [2.45, 2.75) is 13.5 Å². The average Bonchev–Trinajstić information content (AvgIpc) is 2.59. The number of benzene rings is 2. The minimum atomic E-state index is -0.366. The van der Waals surface area contributed by atoms with Crippen LogP contribution in [0.5, 0.6) is 0 Å². The Morgan fingerprint density at radius 3 is 2.33 bits per heavy atom. The Morgan fingerprint density at radius 1 is 1.11 bits per heavy atom. The first-order valence-corrected chi connectivity index (χ1v) is 9.11. The minimum absolute atomic E-state index is 0.0000390. The highest BCUT2D eigenvalue weighted by atomic mass is 79.9. The third-order valence-corrected chi connectivity index (χ3v) is 4.17. The van der Waals surface area contributed by atoms with E-state index in [1.54, 1.807) is 41.3 Å². The summed E-state index contributed by atoms with van der Waals surface area (Å²) in [5.74, 6) is -0.826. The molecule has 27 heavy (non-hydrogen) atoms. The van der Waals surface area contributed by atoms with E-state index in [9.17, 15) is 19.1 Å². The molecule has 0 heterocycles. The lowest BCUT2D eigenvalue weighted by Crippen LogP contribution is -2.35. The first kappa shape index (κ1) is 21.0. The number of aliphatic hydroxyl groups excluding tert-OH is 1. The van der Waals surface area contributed by atoms with Gasteiger partial charge in [0, 0.05) is 41.4 Å². The quantitative estimate of drug-likeness (QED) is 0.592. The fourth-order valence-corrected chi connectivity index (χ4v) is 2.91. The SMILES string of the molecule is CC(=O)Nc1ccc(NC(=O)CN(CCO)Cc2cc(Br)ccc2F)cc1. The van der Waals surface area contributed by atoms with Gasteiger partial charge in [0.2, 0.25) is 11.8 Å². The van der Waals surface area contributed by atoms with Crippen LogP contribution in [0.25, 0.3) is 0 Å². The van der Waals surface area contributed by atoms with Crippen LogP contribution in [0.15, 0.2) is 46.9 Å². The Balaban J connectivity index is 1.97. The molecular weight excluding hydrogens is 417 g/mol. The Bertz CT molecular complexity index is 799. The van der Waals surface area contributed by atoms with Crippen molar-refractivity contribution >= 4 is 39.1 Å². The summed E-state index contributed by atoms with van der Waals surface area (Å²) in [7, 11) is 0. The van der Waals surface area contributed by atoms with Crippen molar-refractivity contribution in [3.8, 4) is 0 Å². The van der Waals surface area contributed by atoms with Crippen LogP contribution in [0.2, 0.25) is 0 Å². The van der Waals surface area contributed by atoms with E-state index in [0.717, 1.165) is 4.47 Å². The van der Waals surface area contributed by atoms with Crippen molar-refractivity contribution in [1.29, 1.82) is 0 Å². The van der Waals surface area contributed by atoms with E-state index < -0.39 is 0 Å². The number of hydrogen-bond donors (Lipinski definition) is 3. The Hall–Kier alpha value is -2.29. The summed E-state index contributed by atoms with van der Waals surface area (Å²) in [5.41, 5.74) is 1.64. The van der Waals surface area contributed by atoms with Crippen molar-refractivity contribution in [3.63, 3.8) is 0 Å². The molecule has 2 rings (SSSR count). The third kappa shape index (κ3) is 7.09. The molecule has 2 amide bonds. The van der Waals surface area contributed by atoms with Crippen LogP contribution >= 0.6 is 15.9 Å². The van der Waals surface area contributed by atoms with Gasteiger partial charge in [0.1, 0.15) is 5.82 Å². The van der Waals surface area contributed by atoms with Crippen molar-refractivity contribution in [1.82, 2.24) is 4.90 Å². The largest absolute Gasteiger partial charge is 0.395 e. The normalized spacial score (nSPS) is 10.7. The first-order chi connectivity index (χ1) is 12.9. The van der Waals surface area contributed by atoms with E-state index in [1.165, 1.54) is 13.0 Å². The van der Waals surface area contributed by atoms with Gasteiger partial charge < -0.3 is 15.7 Å². The van der Waals surface area contributed by atoms with E-state index in [4.69, 9.17) is 0 Å². The molecule has 0 unspecified atom stereocenters. The van der Waals surface area contributed by atoms with E-state index in [1.807, 2.05) is 0 Å². The van der Waals surface area contributed by atoms with Crippen LogP contribution in [-0.2, 0) is 16.1 Å². The summed E-state index contributed by atoms with van der Waals surface area (Å²) < 4.78 is 14.7. The lowest BCUT2D eigenvalue weighted by atomic mass is 10.2. The summed E-state index contributed by atoms with van der Waals surface area (Å²) in [6.07, 6.45) is 0. The van der Waals surface area contributed by atoms with Crippen LogP contribution < -0.4 is 10.6 Å². The van der Waals surface area contributed by atoms with Gasteiger partial charge in [-0.25, -0.2) is 4.39 Å². The van der Waals surface area contributed by atoms with Crippen molar-refractivity contribution < 1.29 is 19.1 Å². The zero-order valence-corrected chi connectivity index (χ0v) is 16.4. The number of hydrogen-bond acceptors (Lipinski definition) is 4. The van der Waals surface area contributed by atoms with Crippen LogP contribution in [0.4, 0.5) is 15.8 Å². The van der Waals surface area contributed by atoms with Gasteiger partial charge in [-0.2, -0.15) is 0 Å². The van der Waals surface area contributed by atoms with Gasteiger partial charge in [-0.3, -0.25) is 14.5 Å². The van der Waals surface area contributed by atoms with Gasteiger partial charge in [0.05, 0.1) is 13.2 Å². The summed E-state index contributed by atoms with van der Waals surface area (Å²) in [5, 5.41) is 14.6. The van der Waals surface area contributed by atoms with Crippen molar-refractivity contribution in [2.24, 2.45) is 0 Å². The molecule has 0 aliphatic rings. The predicted octanol–water partition coefficient (Wildman–Crippen LogP) is 2.98. The number of rotatable bonds is 8. The third-order valence-electron chi connectivity index (χ3n) is 3.67. The fraction of sp³-hybridized carbons (Fsp3) is 0.263. The number of aliphatic hydroxyl groups is 1. The maximum Gasteiger partial charge on any atom is 0.238 e. The van der Waals surface area contributed by atoms with Gasteiger partial charge in [-0.15, -0.1) is 0 Å². The monoisotopic (exact) mass is 437 g/mol. The molecule has 0 spiro atoms. The van der Waals surface area contributed by atoms with Crippen LogP contribution in [-0.4, -0.2) is 41.5 Å². The lowest BCUT2D eigenvalue weighted by molar-refractivity contribution is -0.117. The van der Waals surface area contributed by atoms with Gasteiger partial charge in [0.25, 0.3) is 0 Å². The molecule has 2 aromatic carbocycles. The van der Waals surface area contributed by atoms with E-state index in [2.05, 4.69) is 26.6 Å². The number of amides is 2. The Labute approximate surface area is 165 Å². The maximum absolute atomic E-state index is 13.9. The molecule has 0 saturated heterocycles. The number of anilines is 2. The standard InChI is InChI=1S/C19H21BrFN3O3/c1-13(26)22-16-3-5-17(6-4-16)23-19(27)12-24(8-9-25)11-14-10-15(20)2-7-18(14)21/h2-7,10,25H,8-9,11-12H2,1H3,(H,22,26)(H,23,27). The highest BCUT2D eigenvalue weighted by Gasteiger charge is 2.14. The summed E-state index contributed by atoms with van der Waals surface area (Å²) in [6, 6.07) is 11.3. The molecule has 0 atom stereocenters. The van der Waals surface area contributed by atoms with Gasteiger partial charge in [0.15, 0.2) is 0 Å². The molecule has 0 saturated carbocycles. The molecule has 0 aromatic heterocycles. The first-order valence-electron chi connectivity index (χ1n) is 8.32. The molecular formula is C19H21BrFN3O3. The van der Waals surface area contributed by atoms with Crippen molar-refractivity contribution in [3.05, 3.63) is 58.3 Å². The smallest absolute Gasteiger partial charge is 0.238 e. The van der Waals surface area contributed by atoms with Gasteiger partial charge in [-0.1, -0.05) is 15.9 Å². The highest BCUT2D eigenvalue weighted by Crippen LogP contribution is 2.18. The number of nitrogens with zero attached hydrogens (tertiary/aromatic N) is 1. The molecule has 0 aliphatic heterocycles. The number of nitrogens with one attached hydrogen (secondary N) is 2. The average molecular weight is 438 g/mol. The van der Waals surface area contributed by atoms with Crippen LogP contribution in [0.1, 0.15) is 12.5 Å². The second kappa shape index (κ2) is 10.1. The summed E-state index contributed by atoms with van der Waals surface area (Å²) in [6.45, 7) is 1.70. The van der Waals surface area contributed by atoms with E-state index in [0.29, 0.717) is 16.9 Å². The minimum Gasteiger partial charge on any atom is -0.395 e. The Kier molecular flexibility index (Phi) is 7.90. The van der Waals surface area contributed by atoms with E-state index in [-0.39, 0.29) is 43.9 Å². The molecule has 2 aromatic rings. The lowest BCUT2D eigenvalue weighted by Gasteiger charge is -2.21. The molecule has 0 radical (unpaired) electrons. The number of carbonyl (C=O) groups is 2. The van der Waals surface area contributed by atoms with Gasteiger partial charge >= 0.3 is 0 Å². The second-order valence-electron chi connectivity index (χ2n) is 5.98. The molecule has 0 aliphatic carbocycles. The molecule has 0 bridgehead atoms. The molecule has 0 fully saturated rings. The molecule has 8 heteroatoms. The van der Waals surface area contributed by atoms with E-state index >= 15 is 0 Å². The van der Waals surface area contributed by atoms with Crippen LogP contribution in [0.3, 0.4) is 0 Å². The van der Waals surface area contributed by atoms with Crippen LogP contribution in [0, 0.1) is 5.82 Å².